The Morgan fingerprint density at radius 2 is 1.36 bits per heavy atom. The molecule has 0 aliphatic carbocycles. The summed E-state index contributed by atoms with van der Waals surface area (Å²) in [5.41, 5.74) is 13.5. The molecule has 2 aromatic rings. The van der Waals surface area contributed by atoms with Gasteiger partial charge < -0.3 is 16.0 Å². The van der Waals surface area contributed by atoms with Crippen molar-refractivity contribution in [2.45, 2.75) is 38.9 Å². The molecule has 6 nitrogen and oxygen atoms in total. The molecule has 4 N–H and O–H groups in total. The van der Waals surface area contributed by atoms with Crippen LogP contribution in [0, 0.1) is 0 Å². The number of hydrogen-bond acceptors (Lipinski definition) is 5. The van der Waals surface area contributed by atoms with E-state index in [2.05, 4.69) is 0 Å². The topological polar surface area (TPSA) is 98.7 Å². The lowest BCUT2D eigenvalue weighted by molar-refractivity contribution is -0.0280. The number of nitrogens with zero attached hydrogens (tertiary/aromatic N) is 1. The fourth-order valence-electron chi connectivity index (χ4n) is 2.66. The molecule has 1 aliphatic heterocycles. The molecule has 0 saturated carbocycles. The number of benzene rings is 2. The number of amides is 2. The molecule has 0 radical (unpaired) electrons. The zero-order valence-electron chi connectivity index (χ0n) is 15.1. The number of carbonyl (C=O) groups is 2. The Hall–Kier alpha value is -2.38. The quantitative estimate of drug-likeness (QED) is 0.486. The van der Waals surface area contributed by atoms with Crippen LogP contribution in [0.3, 0.4) is 0 Å². The first kappa shape index (κ1) is 17.4. The molecule has 0 atom stereocenters. The van der Waals surface area contributed by atoms with Gasteiger partial charge in [0.1, 0.15) is 0 Å². The molecule has 1 heterocycles. The molecular formula is C18H23N3O3Si. The maximum absolute atomic E-state index is 13.0. The van der Waals surface area contributed by atoms with E-state index in [9.17, 15) is 9.59 Å². The van der Waals surface area contributed by atoms with E-state index >= 15 is 0 Å². The van der Waals surface area contributed by atoms with Crippen molar-refractivity contribution >= 4 is 42.3 Å². The van der Waals surface area contributed by atoms with Crippen molar-refractivity contribution in [1.82, 2.24) is 5.06 Å². The van der Waals surface area contributed by atoms with Crippen LogP contribution >= 0.6 is 0 Å². The summed E-state index contributed by atoms with van der Waals surface area (Å²) < 4.78 is 6.03. The van der Waals surface area contributed by atoms with Gasteiger partial charge in [-0.1, -0.05) is 20.8 Å². The molecule has 0 saturated heterocycles. The predicted octanol–water partition coefficient (Wildman–Crippen LogP) is 3.54. The van der Waals surface area contributed by atoms with Gasteiger partial charge >= 0.3 is 0 Å². The second kappa shape index (κ2) is 5.31. The van der Waals surface area contributed by atoms with Gasteiger partial charge in [0, 0.05) is 16.8 Å². The van der Waals surface area contributed by atoms with Crippen molar-refractivity contribution in [3.05, 3.63) is 35.4 Å². The molecule has 1 aliphatic rings. The fraction of sp³-hybridized carbons (Fsp3) is 0.333. The van der Waals surface area contributed by atoms with Crippen molar-refractivity contribution in [3.63, 3.8) is 0 Å². The molecule has 0 spiro atoms. The third kappa shape index (κ3) is 2.69. The Labute approximate surface area is 147 Å². The highest BCUT2D eigenvalue weighted by atomic mass is 28.4. The van der Waals surface area contributed by atoms with Gasteiger partial charge in [0.2, 0.25) is 8.32 Å². The molecule has 0 aromatic heterocycles. The van der Waals surface area contributed by atoms with Crippen LogP contribution in [0.4, 0.5) is 11.4 Å². The van der Waals surface area contributed by atoms with Gasteiger partial charge in [-0.05, 0) is 47.8 Å². The lowest BCUT2D eigenvalue weighted by Crippen LogP contribution is -2.51. The Bertz CT molecular complexity index is 859. The maximum Gasteiger partial charge on any atom is 0.284 e. The molecule has 25 heavy (non-hydrogen) atoms. The van der Waals surface area contributed by atoms with Gasteiger partial charge in [0.25, 0.3) is 11.8 Å². The molecule has 0 bridgehead atoms. The SMILES string of the molecule is CC(C)(C)[Si](C)(C)ON1C(=O)c2cc(N)cc3cc(N)cc(c23)C1=O. The average molecular weight is 357 g/mol. The fourth-order valence-corrected chi connectivity index (χ4v) is 3.55. The number of nitrogens with two attached hydrogens (primary N) is 2. The predicted molar refractivity (Wildman–Crippen MR) is 102 cm³/mol. The van der Waals surface area contributed by atoms with E-state index in [0.717, 1.165) is 5.06 Å². The average Bonchev–Trinajstić information content (AvgIpc) is 2.46. The van der Waals surface area contributed by atoms with Crippen LogP contribution in [0.5, 0.6) is 0 Å². The van der Waals surface area contributed by atoms with E-state index in [0.29, 0.717) is 33.3 Å². The molecule has 3 rings (SSSR count). The maximum atomic E-state index is 13.0. The third-order valence-corrected chi connectivity index (χ3v) is 9.30. The summed E-state index contributed by atoms with van der Waals surface area (Å²) in [4.78, 5) is 25.9. The molecule has 2 amide bonds. The monoisotopic (exact) mass is 357 g/mol. The van der Waals surface area contributed by atoms with Crippen molar-refractivity contribution in [2.24, 2.45) is 0 Å². The highest BCUT2D eigenvalue weighted by molar-refractivity contribution is 6.74. The second-order valence-corrected chi connectivity index (χ2v) is 12.7. The van der Waals surface area contributed by atoms with Gasteiger partial charge in [-0.2, -0.15) is 5.06 Å². The normalized spacial score (nSPS) is 15.2. The van der Waals surface area contributed by atoms with E-state index in [1.165, 1.54) is 0 Å². The van der Waals surface area contributed by atoms with Crippen molar-refractivity contribution in [1.29, 1.82) is 0 Å². The molecule has 2 aromatic carbocycles. The number of hydroxylamine groups is 2. The smallest absolute Gasteiger partial charge is 0.284 e. The first-order valence-corrected chi connectivity index (χ1v) is 11.0. The van der Waals surface area contributed by atoms with Crippen LogP contribution in [0.1, 0.15) is 41.5 Å². The van der Waals surface area contributed by atoms with Crippen LogP contribution in [0.25, 0.3) is 10.8 Å². The van der Waals surface area contributed by atoms with Gasteiger partial charge in [-0.15, -0.1) is 0 Å². The van der Waals surface area contributed by atoms with E-state index in [-0.39, 0.29) is 5.04 Å². The minimum atomic E-state index is -2.39. The van der Waals surface area contributed by atoms with Gasteiger partial charge in [0.15, 0.2) is 0 Å². The number of rotatable bonds is 2. The van der Waals surface area contributed by atoms with Crippen LogP contribution < -0.4 is 11.5 Å². The molecule has 7 heteroatoms. The molecule has 132 valence electrons. The van der Waals surface area contributed by atoms with Crippen molar-refractivity contribution in [2.75, 3.05) is 11.5 Å². The Morgan fingerprint density at radius 3 is 1.76 bits per heavy atom. The van der Waals surface area contributed by atoms with Crippen LogP contribution in [-0.2, 0) is 4.53 Å². The molecule has 0 unspecified atom stereocenters. The van der Waals surface area contributed by atoms with Crippen LogP contribution in [0.2, 0.25) is 18.1 Å². The number of carbonyl (C=O) groups excluding carboxylic acids is 2. The number of nitrogen functional groups attached to an aromatic ring is 2. The molecule has 0 fully saturated rings. The first-order valence-electron chi connectivity index (χ1n) is 8.13. The van der Waals surface area contributed by atoms with E-state index in [1.807, 2.05) is 33.9 Å². The summed E-state index contributed by atoms with van der Waals surface area (Å²) >= 11 is 0. The Morgan fingerprint density at radius 1 is 0.920 bits per heavy atom. The minimum Gasteiger partial charge on any atom is -0.399 e. The molecular weight excluding hydrogens is 334 g/mol. The third-order valence-electron chi connectivity index (χ3n) is 5.05. The summed E-state index contributed by atoms with van der Waals surface area (Å²) in [7, 11) is -2.39. The number of hydrogen-bond donors (Lipinski definition) is 2. The number of imide groups is 1. The Balaban J connectivity index is 2.19. The standard InChI is InChI=1S/C18H23N3O3Si/c1-18(2,3)25(4,5)24-21-16(22)13-8-11(19)6-10-7-12(20)9-14(15(10)13)17(21)23/h6-9H,19-20H2,1-5H3. The number of anilines is 2. The van der Waals surface area contributed by atoms with Crippen molar-refractivity contribution < 1.29 is 14.1 Å². The Kier molecular flexibility index (Phi) is 3.70. The second-order valence-electron chi connectivity index (χ2n) is 7.99. The van der Waals surface area contributed by atoms with Gasteiger partial charge in [-0.25, -0.2) is 0 Å². The van der Waals surface area contributed by atoms with Crippen molar-refractivity contribution in [3.8, 4) is 0 Å². The lowest BCUT2D eigenvalue weighted by atomic mass is 9.94. The summed E-state index contributed by atoms with van der Waals surface area (Å²) in [6.07, 6.45) is 0. The van der Waals surface area contributed by atoms with Gasteiger partial charge in [0.05, 0.1) is 11.1 Å². The van der Waals surface area contributed by atoms with Crippen LogP contribution in [0.15, 0.2) is 24.3 Å². The first-order chi connectivity index (χ1) is 11.4. The summed E-state index contributed by atoms with van der Waals surface area (Å²) in [5.74, 6) is -0.964. The highest BCUT2D eigenvalue weighted by Crippen LogP contribution is 2.40. The van der Waals surface area contributed by atoms with E-state index < -0.39 is 20.1 Å². The minimum absolute atomic E-state index is 0.158. The zero-order valence-corrected chi connectivity index (χ0v) is 16.1. The van der Waals surface area contributed by atoms with Gasteiger partial charge in [-0.3, -0.25) is 9.59 Å². The largest absolute Gasteiger partial charge is 0.399 e. The highest BCUT2D eigenvalue weighted by Gasteiger charge is 2.44. The summed E-state index contributed by atoms with van der Waals surface area (Å²) in [5, 5.41) is 1.99. The van der Waals surface area contributed by atoms with Crippen LogP contribution in [-0.4, -0.2) is 25.2 Å². The lowest BCUT2D eigenvalue weighted by Gasteiger charge is -2.39. The summed E-state index contributed by atoms with van der Waals surface area (Å²) in [6, 6.07) is 6.59. The summed E-state index contributed by atoms with van der Waals surface area (Å²) in [6.45, 7) is 10.1. The zero-order chi connectivity index (χ0) is 18.7. The van der Waals surface area contributed by atoms with E-state index in [4.69, 9.17) is 16.0 Å². The van der Waals surface area contributed by atoms with E-state index in [1.54, 1.807) is 24.3 Å².